The third-order valence-electron chi connectivity index (χ3n) is 0. The van der Waals surface area contributed by atoms with E-state index in [1.165, 1.54) is 0 Å². The Morgan fingerprint density at radius 2 is 1.80 bits per heavy atom. The molecule has 26 valence electrons. The summed E-state index contributed by atoms with van der Waals surface area (Å²) in [7, 11) is 0. The van der Waals surface area contributed by atoms with Crippen molar-refractivity contribution in [3.05, 3.63) is 6.92 Å². The van der Waals surface area contributed by atoms with E-state index in [-0.39, 0.29) is 0 Å². The van der Waals surface area contributed by atoms with Gasteiger partial charge in [-0.2, -0.15) is 6.92 Å². The molecule has 0 rings (SSSR count). The molecule has 0 aliphatic rings. The summed E-state index contributed by atoms with van der Waals surface area (Å²) in [5.41, 5.74) is 0. The van der Waals surface area contributed by atoms with Gasteiger partial charge in [0.25, 0.3) is 0 Å². The molecule has 0 aromatic carbocycles. The summed E-state index contributed by atoms with van der Waals surface area (Å²) in [6, 6.07) is 0. The van der Waals surface area contributed by atoms with Crippen molar-refractivity contribution in [2.75, 3.05) is 0 Å². The van der Waals surface area contributed by atoms with Gasteiger partial charge >= 0.3 is 27.1 Å². The number of carbonyl (C=O) groups excluding carboxylic acids is 1. The maximum Gasteiger partial charge on any atom is -0.194 e. The van der Waals surface area contributed by atoms with Crippen LogP contribution in [0.3, 0.4) is 0 Å². The number of rotatable bonds is 0. The van der Waals surface area contributed by atoms with E-state index in [1.54, 1.807) is 11.4 Å². The predicted octanol–water partition coefficient (Wildman–Crippen LogP) is 0.441. The Hall–Kier alpha value is 0.203. The van der Waals surface area contributed by atoms with E-state index in [0.29, 0.717) is 17.9 Å². The Balaban J connectivity index is 0. The topological polar surface area (TPSA) is 17.1 Å². The summed E-state index contributed by atoms with van der Waals surface area (Å²) in [4.78, 5) is 8.74. The first-order chi connectivity index (χ1) is 2.41. The average Bonchev–Trinajstić information content (AvgIpc) is 1.46. The van der Waals surface area contributed by atoms with Crippen LogP contribution in [0.5, 0.6) is 0 Å². The molecule has 0 bridgehead atoms. The molecule has 0 heterocycles. The Kier molecular flexibility index (Phi) is 53.4. The molecule has 0 amide bonds. The van der Waals surface area contributed by atoms with Gasteiger partial charge in [-0.05, 0) is 0 Å². The summed E-state index contributed by atoms with van der Waals surface area (Å²) in [6.07, 6.45) is 0. The molecule has 0 aromatic rings. The smallest absolute Gasteiger partial charge is 0.194 e. The molecule has 1 nitrogen and oxygen atoms in total. The first-order valence-electron chi connectivity index (χ1n) is 1.26. The monoisotopic (exact) mass is 121 g/mol. The van der Waals surface area contributed by atoms with Crippen LogP contribution in [0.15, 0.2) is 0 Å². The fourth-order valence-electron chi connectivity index (χ4n) is 0. The Bertz CT molecular complexity index is 27.9. The molecule has 0 unspecified atom stereocenters. The molecule has 0 aliphatic carbocycles. The van der Waals surface area contributed by atoms with Crippen LogP contribution >= 0.6 is 0 Å². The number of hydrogen-bond acceptors (Lipinski definition) is 1. The van der Waals surface area contributed by atoms with Gasteiger partial charge in [0.2, 0.25) is 0 Å². The normalized spacial score (nSPS) is 3.20. The quantitative estimate of drug-likeness (QED) is 0.337. The summed E-state index contributed by atoms with van der Waals surface area (Å²) in [5, 5.41) is 0. The van der Waals surface area contributed by atoms with Crippen LogP contribution in [0.1, 0.15) is 6.92 Å². The number of hydrogen-bond donors (Lipinski definition) is 0. The van der Waals surface area contributed by atoms with Crippen LogP contribution in [-0.2, 0) is 22.6 Å². The fraction of sp³-hybridized carbons (Fsp3) is 0.333. The second-order valence-electron chi connectivity index (χ2n) is 0.144. The van der Waals surface area contributed by atoms with E-state index in [9.17, 15) is 0 Å². The van der Waals surface area contributed by atoms with Crippen LogP contribution < -0.4 is 0 Å². The van der Waals surface area contributed by atoms with Crippen LogP contribution in [-0.4, -0.2) is 4.47 Å². The minimum absolute atomic E-state index is 0.639. The average molecular weight is 122 g/mol. The SMILES string of the molecule is O=[C]=[Zn].[CH2-]C. The maximum absolute atomic E-state index is 8.74. The molecule has 0 radical (unpaired) electrons. The van der Waals surface area contributed by atoms with E-state index < -0.39 is 0 Å². The molecule has 2 heteroatoms. The molecule has 5 heavy (non-hydrogen) atoms. The van der Waals surface area contributed by atoms with E-state index in [0.717, 1.165) is 0 Å². The molecule has 0 fully saturated rings. The van der Waals surface area contributed by atoms with Crippen molar-refractivity contribution < 1.29 is 22.6 Å². The molecule has 0 saturated heterocycles. The molecule has 0 aromatic heterocycles. The van der Waals surface area contributed by atoms with Gasteiger partial charge in [-0.3, -0.25) is 0 Å². The molecule has 0 N–H and O–H groups in total. The summed E-state index contributed by atoms with van der Waals surface area (Å²) in [5.74, 6) is 0. The van der Waals surface area contributed by atoms with Gasteiger partial charge in [-0.15, -0.1) is 0 Å². The van der Waals surface area contributed by atoms with Gasteiger partial charge in [0, 0.05) is 0 Å². The van der Waals surface area contributed by atoms with E-state index in [1.807, 2.05) is 0 Å². The first-order valence-corrected chi connectivity index (χ1v) is 2.75. The van der Waals surface area contributed by atoms with Crippen LogP contribution in [0.4, 0.5) is 0 Å². The maximum atomic E-state index is 8.74. The van der Waals surface area contributed by atoms with Gasteiger partial charge in [0.15, 0.2) is 0 Å². The molecular weight excluding hydrogens is 117 g/mol. The van der Waals surface area contributed by atoms with E-state index >= 15 is 0 Å². The zero-order chi connectivity index (χ0) is 4.71. The molecule has 0 aliphatic heterocycles. The third kappa shape index (κ3) is 493. The van der Waals surface area contributed by atoms with Crippen molar-refractivity contribution in [3.8, 4) is 0 Å². The summed E-state index contributed by atoms with van der Waals surface area (Å²) < 4.78 is 1.62. The summed E-state index contributed by atoms with van der Waals surface area (Å²) >= 11 is 0.639. The Morgan fingerprint density at radius 1 is 1.80 bits per heavy atom. The van der Waals surface area contributed by atoms with E-state index in [2.05, 4.69) is 6.92 Å². The van der Waals surface area contributed by atoms with Gasteiger partial charge in [0.1, 0.15) is 0 Å². The largest absolute Gasteiger partial charge is 0.346 e. The van der Waals surface area contributed by atoms with Crippen molar-refractivity contribution in [2.45, 2.75) is 6.92 Å². The minimum atomic E-state index is 0.639. The Morgan fingerprint density at radius 3 is 1.80 bits per heavy atom. The van der Waals surface area contributed by atoms with Crippen LogP contribution in [0.25, 0.3) is 0 Å². The molecule has 0 atom stereocenters. The fourth-order valence-corrected chi connectivity index (χ4v) is 0. The molecule has 0 spiro atoms. The van der Waals surface area contributed by atoms with Crippen molar-refractivity contribution >= 4 is 4.47 Å². The van der Waals surface area contributed by atoms with Crippen molar-refractivity contribution in [2.24, 2.45) is 0 Å². The Labute approximate surface area is 41.6 Å². The van der Waals surface area contributed by atoms with Gasteiger partial charge < -0.3 is 6.92 Å². The van der Waals surface area contributed by atoms with E-state index in [4.69, 9.17) is 4.79 Å². The zero-order valence-electron chi connectivity index (χ0n) is 3.32. The van der Waals surface area contributed by atoms with Gasteiger partial charge in [0.05, 0.1) is 0 Å². The second kappa shape index (κ2) is 29.8. The standard InChI is InChI=1S/C2H5.CO.Zn/c2*1-2;/h1H2,2H3;;/q-1;;. The molecular formula is C3H5OZn-. The third-order valence-corrected chi connectivity index (χ3v) is 0. The minimum Gasteiger partial charge on any atom is -0.346 e. The predicted molar refractivity (Wildman–Crippen MR) is 16.7 cm³/mol. The van der Waals surface area contributed by atoms with Crippen molar-refractivity contribution in [1.82, 2.24) is 0 Å². The molecule has 0 saturated carbocycles. The summed E-state index contributed by atoms with van der Waals surface area (Å²) in [6.45, 7) is 5.00. The van der Waals surface area contributed by atoms with Gasteiger partial charge in [-0.25, -0.2) is 0 Å². The first kappa shape index (κ1) is 8.96. The van der Waals surface area contributed by atoms with Crippen LogP contribution in [0, 0.1) is 6.92 Å². The van der Waals surface area contributed by atoms with Crippen molar-refractivity contribution in [1.29, 1.82) is 0 Å². The van der Waals surface area contributed by atoms with Crippen LogP contribution in [0.2, 0.25) is 0 Å². The zero-order valence-corrected chi connectivity index (χ0v) is 6.29. The van der Waals surface area contributed by atoms with Crippen molar-refractivity contribution in [3.63, 3.8) is 0 Å². The second-order valence-corrected chi connectivity index (χ2v) is 0.750. The van der Waals surface area contributed by atoms with Gasteiger partial charge in [-0.1, -0.05) is 0 Å².